The summed E-state index contributed by atoms with van der Waals surface area (Å²) < 4.78 is 10.4. The summed E-state index contributed by atoms with van der Waals surface area (Å²) in [6, 6.07) is 8.87. The van der Waals surface area contributed by atoms with Gasteiger partial charge in [-0.05, 0) is 17.0 Å². The van der Waals surface area contributed by atoms with E-state index in [9.17, 15) is 0 Å². The standard InChI is InChI=1S/C15H25NO2/c1-12(2)15(11-18-4)16-9-13-6-5-7-14(8-13)10-17-3/h5-8,12,15-16H,9-11H2,1-4H3. The van der Waals surface area contributed by atoms with Crippen LogP contribution in [0.2, 0.25) is 0 Å². The van der Waals surface area contributed by atoms with Crippen LogP contribution >= 0.6 is 0 Å². The molecule has 1 rings (SSSR count). The molecular weight excluding hydrogens is 226 g/mol. The second-order valence-electron chi connectivity index (χ2n) is 4.94. The van der Waals surface area contributed by atoms with Crippen molar-refractivity contribution in [3.05, 3.63) is 35.4 Å². The third-order valence-corrected chi connectivity index (χ3v) is 3.02. The first-order valence-corrected chi connectivity index (χ1v) is 6.46. The molecule has 3 heteroatoms. The van der Waals surface area contributed by atoms with Gasteiger partial charge >= 0.3 is 0 Å². The molecule has 0 bridgehead atoms. The van der Waals surface area contributed by atoms with Crippen molar-refractivity contribution in [3.8, 4) is 0 Å². The van der Waals surface area contributed by atoms with E-state index in [4.69, 9.17) is 9.47 Å². The minimum Gasteiger partial charge on any atom is -0.383 e. The van der Waals surface area contributed by atoms with Gasteiger partial charge in [0.25, 0.3) is 0 Å². The average molecular weight is 251 g/mol. The molecule has 0 aliphatic heterocycles. The molecular formula is C15H25NO2. The Morgan fingerprint density at radius 2 is 1.83 bits per heavy atom. The van der Waals surface area contributed by atoms with Crippen LogP contribution in [0.1, 0.15) is 25.0 Å². The van der Waals surface area contributed by atoms with Crippen LogP contribution in [0.25, 0.3) is 0 Å². The number of methoxy groups -OCH3 is 2. The molecule has 1 aromatic rings. The Kier molecular flexibility index (Phi) is 6.94. The van der Waals surface area contributed by atoms with Crippen LogP contribution in [0.3, 0.4) is 0 Å². The number of hydrogen-bond acceptors (Lipinski definition) is 3. The van der Waals surface area contributed by atoms with Gasteiger partial charge in [-0.2, -0.15) is 0 Å². The Hall–Kier alpha value is -0.900. The van der Waals surface area contributed by atoms with Crippen LogP contribution in [0.4, 0.5) is 0 Å². The van der Waals surface area contributed by atoms with Crippen LogP contribution in [-0.2, 0) is 22.6 Å². The molecule has 0 radical (unpaired) electrons. The van der Waals surface area contributed by atoms with Gasteiger partial charge in [-0.3, -0.25) is 0 Å². The minimum absolute atomic E-state index is 0.390. The molecule has 0 aromatic heterocycles. The van der Waals surface area contributed by atoms with Gasteiger partial charge in [-0.15, -0.1) is 0 Å². The van der Waals surface area contributed by atoms with Crippen LogP contribution in [0.5, 0.6) is 0 Å². The average Bonchev–Trinajstić information content (AvgIpc) is 2.35. The second kappa shape index (κ2) is 8.25. The van der Waals surface area contributed by atoms with Crippen molar-refractivity contribution >= 4 is 0 Å². The highest BCUT2D eigenvalue weighted by Gasteiger charge is 2.12. The number of hydrogen-bond donors (Lipinski definition) is 1. The van der Waals surface area contributed by atoms with E-state index in [2.05, 4.69) is 43.4 Å². The van der Waals surface area contributed by atoms with Crippen molar-refractivity contribution in [1.29, 1.82) is 0 Å². The smallest absolute Gasteiger partial charge is 0.0713 e. The van der Waals surface area contributed by atoms with Crippen LogP contribution in [0, 0.1) is 5.92 Å². The molecule has 102 valence electrons. The highest BCUT2D eigenvalue weighted by Crippen LogP contribution is 2.08. The summed E-state index contributed by atoms with van der Waals surface area (Å²) in [5.74, 6) is 0.562. The van der Waals surface area contributed by atoms with Gasteiger partial charge in [0.1, 0.15) is 0 Å². The summed E-state index contributed by atoms with van der Waals surface area (Å²) in [4.78, 5) is 0. The first-order chi connectivity index (χ1) is 8.67. The van der Waals surface area contributed by atoms with Gasteiger partial charge < -0.3 is 14.8 Å². The molecule has 0 amide bonds. The van der Waals surface area contributed by atoms with Gasteiger partial charge in [0, 0.05) is 26.8 Å². The molecule has 3 nitrogen and oxygen atoms in total. The molecule has 1 N–H and O–H groups in total. The SMILES string of the molecule is COCc1cccc(CNC(COC)C(C)C)c1. The zero-order valence-corrected chi connectivity index (χ0v) is 11.9. The van der Waals surface area contributed by atoms with Gasteiger partial charge in [-0.25, -0.2) is 0 Å². The fraction of sp³-hybridized carbons (Fsp3) is 0.600. The Bertz CT molecular complexity index is 339. The molecule has 18 heavy (non-hydrogen) atoms. The lowest BCUT2D eigenvalue weighted by atomic mass is 10.0. The van der Waals surface area contributed by atoms with Crippen molar-refractivity contribution < 1.29 is 9.47 Å². The minimum atomic E-state index is 0.390. The topological polar surface area (TPSA) is 30.5 Å². The fourth-order valence-corrected chi connectivity index (χ4v) is 1.91. The van der Waals surface area contributed by atoms with Crippen LogP contribution in [0.15, 0.2) is 24.3 Å². The molecule has 0 spiro atoms. The van der Waals surface area contributed by atoms with Gasteiger partial charge in [0.15, 0.2) is 0 Å². The molecule has 0 saturated heterocycles. The van der Waals surface area contributed by atoms with E-state index in [-0.39, 0.29) is 0 Å². The van der Waals surface area contributed by atoms with E-state index in [0.29, 0.717) is 18.6 Å². The maximum atomic E-state index is 5.23. The molecule has 1 aromatic carbocycles. The molecule has 0 heterocycles. The highest BCUT2D eigenvalue weighted by molar-refractivity contribution is 5.22. The molecule has 1 atom stereocenters. The third-order valence-electron chi connectivity index (χ3n) is 3.02. The lowest BCUT2D eigenvalue weighted by molar-refractivity contribution is 0.146. The van der Waals surface area contributed by atoms with Crippen molar-refractivity contribution in [1.82, 2.24) is 5.32 Å². The summed E-state index contributed by atoms with van der Waals surface area (Å²) >= 11 is 0. The number of benzene rings is 1. The van der Waals surface area contributed by atoms with Crippen LogP contribution < -0.4 is 5.32 Å². The zero-order valence-electron chi connectivity index (χ0n) is 11.9. The van der Waals surface area contributed by atoms with E-state index in [0.717, 1.165) is 13.2 Å². The van der Waals surface area contributed by atoms with E-state index in [1.54, 1.807) is 14.2 Å². The highest BCUT2D eigenvalue weighted by atomic mass is 16.5. The van der Waals surface area contributed by atoms with E-state index >= 15 is 0 Å². The molecule has 0 fully saturated rings. The first-order valence-electron chi connectivity index (χ1n) is 6.46. The Morgan fingerprint density at radius 3 is 2.44 bits per heavy atom. The lowest BCUT2D eigenvalue weighted by Gasteiger charge is -2.21. The van der Waals surface area contributed by atoms with Crippen LogP contribution in [-0.4, -0.2) is 26.9 Å². The maximum Gasteiger partial charge on any atom is 0.0713 e. The number of ether oxygens (including phenoxy) is 2. The van der Waals surface area contributed by atoms with Gasteiger partial charge in [-0.1, -0.05) is 38.1 Å². The summed E-state index contributed by atoms with van der Waals surface area (Å²) in [6.07, 6.45) is 0. The summed E-state index contributed by atoms with van der Waals surface area (Å²) in [5.41, 5.74) is 2.50. The number of nitrogens with one attached hydrogen (secondary N) is 1. The summed E-state index contributed by atoms with van der Waals surface area (Å²) in [5, 5.41) is 3.54. The lowest BCUT2D eigenvalue weighted by Crippen LogP contribution is -2.37. The van der Waals surface area contributed by atoms with E-state index in [1.807, 2.05) is 0 Å². The second-order valence-corrected chi connectivity index (χ2v) is 4.94. The van der Waals surface area contributed by atoms with Crippen molar-refractivity contribution in [3.63, 3.8) is 0 Å². The Balaban J connectivity index is 2.53. The zero-order chi connectivity index (χ0) is 13.4. The fourth-order valence-electron chi connectivity index (χ4n) is 1.91. The van der Waals surface area contributed by atoms with E-state index < -0.39 is 0 Å². The monoisotopic (exact) mass is 251 g/mol. The molecule has 0 aliphatic rings. The number of rotatable bonds is 8. The summed E-state index contributed by atoms with van der Waals surface area (Å²) in [7, 11) is 3.47. The quantitative estimate of drug-likeness (QED) is 0.770. The predicted molar refractivity (Wildman–Crippen MR) is 74.5 cm³/mol. The van der Waals surface area contributed by atoms with Crippen molar-refractivity contribution in [2.24, 2.45) is 5.92 Å². The molecule has 0 saturated carbocycles. The van der Waals surface area contributed by atoms with Gasteiger partial charge in [0.2, 0.25) is 0 Å². The Morgan fingerprint density at radius 1 is 1.11 bits per heavy atom. The Labute approximate surface area is 110 Å². The molecule has 1 unspecified atom stereocenters. The normalized spacial score (nSPS) is 12.9. The predicted octanol–water partition coefficient (Wildman–Crippen LogP) is 2.59. The first kappa shape index (κ1) is 15.2. The van der Waals surface area contributed by atoms with Gasteiger partial charge in [0.05, 0.1) is 13.2 Å². The largest absolute Gasteiger partial charge is 0.383 e. The van der Waals surface area contributed by atoms with Crippen molar-refractivity contribution in [2.75, 3.05) is 20.8 Å². The van der Waals surface area contributed by atoms with E-state index in [1.165, 1.54) is 11.1 Å². The third kappa shape index (κ3) is 5.17. The maximum absolute atomic E-state index is 5.23. The van der Waals surface area contributed by atoms with Crippen molar-refractivity contribution in [2.45, 2.75) is 33.0 Å². The molecule has 0 aliphatic carbocycles. The summed E-state index contributed by atoms with van der Waals surface area (Å²) in [6.45, 7) is 6.69.